The van der Waals surface area contributed by atoms with E-state index in [1.54, 1.807) is 0 Å². The molecule has 3 rings (SSSR count). The summed E-state index contributed by atoms with van der Waals surface area (Å²) in [5, 5.41) is 1.28. The largest absolute Gasteiger partial charge is 0.460 e. The molecule has 3 fully saturated rings. The first kappa shape index (κ1) is 24.7. The quantitative estimate of drug-likeness (QED) is 0.256. The Bertz CT molecular complexity index is 844. The minimum Gasteiger partial charge on any atom is -0.460 e. The van der Waals surface area contributed by atoms with Crippen LogP contribution in [0.15, 0.2) is 23.6 Å². The van der Waals surface area contributed by atoms with Gasteiger partial charge in [-0.1, -0.05) is 34.3 Å². The van der Waals surface area contributed by atoms with Gasteiger partial charge in [0.15, 0.2) is 0 Å². The lowest BCUT2D eigenvalue weighted by Crippen LogP contribution is -2.50. The molecular formula is C24H34O7S. The maximum atomic E-state index is 13.1. The van der Waals surface area contributed by atoms with Gasteiger partial charge >= 0.3 is 17.9 Å². The molecule has 0 radical (unpaired) electrons. The van der Waals surface area contributed by atoms with Crippen molar-refractivity contribution in [3.05, 3.63) is 23.6 Å². The van der Waals surface area contributed by atoms with Crippen molar-refractivity contribution in [2.75, 3.05) is 12.9 Å². The van der Waals surface area contributed by atoms with E-state index in [1.807, 2.05) is 13.8 Å². The second-order valence-corrected chi connectivity index (χ2v) is 11.4. The van der Waals surface area contributed by atoms with E-state index < -0.39 is 45.8 Å². The van der Waals surface area contributed by atoms with Gasteiger partial charge in [-0.15, -0.1) is 0 Å². The Kier molecular flexibility index (Phi) is 7.03. The van der Waals surface area contributed by atoms with Crippen LogP contribution in [-0.4, -0.2) is 47.2 Å². The first-order chi connectivity index (χ1) is 14.9. The van der Waals surface area contributed by atoms with Gasteiger partial charge in [0.2, 0.25) is 0 Å². The third kappa shape index (κ3) is 4.30. The van der Waals surface area contributed by atoms with Crippen molar-refractivity contribution in [3.63, 3.8) is 0 Å². The van der Waals surface area contributed by atoms with E-state index in [-0.39, 0.29) is 36.8 Å². The number of esters is 3. The highest BCUT2D eigenvalue weighted by atomic mass is 32.2. The Morgan fingerprint density at radius 2 is 2.00 bits per heavy atom. The number of cyclic esters (lactones) is 1. The molecule has 0 aromatic rings. The average molecular weight is 467 g/mol. The minimum atomic E-state index is -1.27. The Labute approximate surface area is 192 Å². The third-order valence-electron chi connectivity index (χ3n) is 7.51. The van der Waals surface area contributed by atoms with Crippen LogP contribution in [0.2, 0.25) is 0 Å². The summed E-state index contributed by atoms with van der Waals surface area (Å²) in [6.07, 6.45) is 3.32. The summed E-state index contributed by atoms with van der Waals surface area (Å²) in [6, 6.07) is 0. The summed E-state index contributed by atoms with van der Waals surface area (Å²) < 4.78 is 28.5. The molecule has 0 aromatic carbocycles. The zero-order valence-corrected chi connectivity index (χ0v) is 20.4. The zero-order chi connectivity index (χ0) is 23.8. The average Bonchev–Trinajstić information content (AvgIpc) is 3.12. The molecule has 2 saturated carbocycles. The highest BCUT2D eigenvalue weighted by Crippen LogP contribution is 2.66. The number of carbonyl (C=O) groups excluding carboxylic acids is 3. The number of fused-ring (bicyclic) bond motifs is 1. The molecule has 2 aliphatic carbocycles. The van der Waals surface area contributed by atoms with Crippen molar-refractivity contribution in [3.8, 4) is 0 Å². The number of ether oxygens (including phenoxy) is 3. The van der Waals surface area contributed by atoms with Gasteiger partial charge in [0.05, 0.1) is 0 Å². The molecule has 7 atom stereocenters. The summed E-state index contributed by atoms with van der Waals surface area (Å²) in [5.74, 6) is -1.46. The van der Waals surface area contributed by atoms with Gasteiger partial charge in [-0.05, 0) is 42.1 Å². The molecule has 8 heteroatoms. The second-order valence-electron chi connectivity index (χ2n) is 10.1. The van der Waals surface area contributed by atoms with Crippen LogP contribution >= 0.6 is 0 Å². The SMILES string of the molecule is C=C1COC(=O)[C@]12C[C@@]1(C)[C@H]([C@@H](OC(=O)/C=C\[S@@](C)=O)CC[C@@H]1C)[C@H]2OC(=O)CC(C)C. The molecule has 178 valence electrons. The standard InChI is InChI=1S/C24H34O7S/c1-14(2)11-19(26)31-21-20-17(30-18(25)9-10-32(6)28)8-7-15(3)23(20,5)13-24(21)16(4)12-29-22(24)27/h9-10,14-15,17,20-21H,4,7-8,11-13H2,1-3,5-6H3/b10-9-/t15-,17-,20+,21+,23+,24+,32+/m0/s1. The molecule has 1 spiro atoms. The maximum absolute atomic E-state index is 13.1. The monoisotopic (exact) mass is 466 g/mol. The van der Waals surface area contributed by atoms with Gasteiger partial charge in [0.25, 0.3) is 0 Å². The van der Waals surface area contributed by atoms with Gasteiger partial charge in [0, 0.05) is 40.9 Å². The molecular weight excluding hydrogens is 432 g/mol. The predicted octanol–water partition coefficient (Wildman–Crippen LogP) is 3.30. The first-order valence-corrected chi connectivity index (χ1v) is 12.8. The number of rotatable bonds is 6. The highest BCUT2D eigenvalue weighted by molar-refractivity contribution is 7.87. The lowest BCUT2D eigenvalue weighted by molar-refractivity contribution is -0.174. The Morgan fingerprint density at radius 3 is 2.56 bits per heavy atom. The van der Waals surface area contributed by atoms with Crippen molar-refractivity contribution in [2.45, 2.75) is 65.6 Å². The van der Waals surface area contributed by atoms with Crippen molar-refractivity contribution in [2.24, 2.45) is 28.6 Å². The van der Waals surface area contributed by atoms with Gasteiger partial charge in [-0.25, -0.2) is 4.79 Å². The lowest BCUT2D eigenvalue weighted by atomic mass is 9.61. The van der Waals surface area contributed by atoms with E-state index in [9.17, 15) is 18.6 Å². The van der Waals surface area contributed by atoms with E-state index in [2.05, 4.69) is 20.4 Å². The maximum Gasteiger partial charge on any atom is 0.331 e. The van der Waals surface area contributed by atoms with Crippen molar-refractivity contribution in [1.29, 1.82) is 0 Å². The molecule has 7 nitrogen and oxygen atoms in total. The van der Waals surface area contributed by atoms with Crippen LogP contribution < -0.4 is 0 Å². The smallest absolute Gasteiger partial charge is 0.331 e. The molecule has 1 heterocycles. The van der Waals surface area contributed by atoms with Crippen LogP contribution in [0.25, 0.3) is 0 Å². The summed E-state index contributed by atoms with van der Waals surface area (Å²) in [5.41, 5.74) is -0.940. The van der Waals surface area contributed by atoms with Crippen molar-refractivity contribution >= 4 is 28.7 Å². The third-order valence-corrected chi connectivity index (χ3v) is 8.03. The van der Waals surface area contributed by atoms with Crippen LogP contribution in [-0.2, 0) is 39.4 Å². The van der Waals surface area contributed by atoms with E-state index in [1.165, 1.54) is 17.7 Å². The topological polar surface area (TPSA) is 96.0 Å². The first-order valence-electron chi connectivity index (χ1n) is 11.2. The fourth-order valence-electron chi connectivity index (χ4n) is 5.76. The lowest BCUT2D eigenvalue weighted by Gasteiger charge is -2.46. The summed E-state index contributed by atoms with van der Waals surface area (Å²) in [6.45, 7) is 12.3. The Morgan fingerprint density at radius 1 is 1.31 bits per heavy atom. The van der Waals surface area contributed by atoms with E-state index in [0.29, 0.717) is 18.4 Å². The Hall–Kier alpha value is -1.96. The molecule has 0 amide bonds. The van der Waals surface area contributed by atoms with Gasteiger partial charge in [0.1, 0.15) is 24.2 Å². The predicted molar refractivity (Wildman–Crippen MR) is 120 cm³/mol. The second kappa shape index (κ2) is 9.12. The summed E-state index contributed by atoms with van der Waals surface area (Å²) >= 11 is 0. The number of hydrogen-bond acceptors (Lipinski definition) is 7. The normalized spacial score (nSPS) is 37.6. The highest BCUT2D eigenvalue weighted by Gasteiger charge is 2.72. The number of carbonyl (C=O) groups is 3. The van der Waals surface area contributed by atoms with Gasteiger partial charge in [-0.2, -0.15) is 0 Å². The van der Waals surface area contributed by atoms with E-state index in [0.717, 1.165) is 6.42 Å². The molecule has 0 bridgehead atoms. The van der Waals surface area contributed by atoms with Crippen LogP contribution in [0, 0.1) is 28.6 Å². The molecule has 0 aromatic heterocycles. The van der Waals surface area contributed by atoms with Crippen LogP contribution in [0.3, 0.4) is 0 Å². The Balaban J connectivity index is 2.02. The van der Waals surface area contributed by atoms with Crippen LogP contribution in [0.4, 0.5) is 0 Å². The molecule has 1 aliphatic heterocycles. The molecule has 0 N–H and O–H groups in total. The number of hydrogen-bond donors (Lipinski definition) is 0. The minimum absolute atomic E-state index is 0.101. The molecule has 3 aliphatic rings. The van der Waals surface area contributed by atoms with E-state index >= 15 is 0 Å². The summed E-state index contributed by atoms with van der Waals surface area (Å²) in [7, 11) is -1.27. The fraction of sp³-hybridized carbons (Fsp3) is 0.708. The van der Waals surface area contributed by atoms with Crippen molar-refractivity contribution in [1.82, 2.24) is 0 Å². The van der Waals surface area contributed by atoms with Crippen LogP contribution in [0.1, 0.15) is 53.4 Å². The van der Waals surface area contributed by atoms with E-state index in [4.69, 9.17) is 14.2 Å². The van der Waals surface area contributed by atoms with Crippen molar-refractivity contribution < 1.29 is 32.8 Å². The summed E-state index contributed by atoms with van der Waals surface area (Å²) in [4.78, 5) is 38.3. The van der Waals surface area contributed by atoms with Crippen LogP contribution in [0.5, 0.6) is 0 Å². The fourth-order valence-corrected chi connectivity index (χ4v) is 6.06. The zero-order valence-electron chi connectivity index (χ0n) is 19.6. The molecule has 32 heavy (non-hydrogen) atoms. The van der Waals surface area contributed by atoms with Gasteiger partial charge in [-0.3, -0.25) is 13.8 Å². The molecule has 0 unspecified atom stereocenters. The molecule has 1 saturated heterocycles. The van der Waals surface area contributed by atoms with Gasteiger partial charge < -0.3 is 14.2 Å².